The molecule has 0 bridgehead atoms. The fourth-order valence-electron chi connectivity index (χ4n) is 2.08. The molecule has 0 aliphatic rings. The molecule has 3 N–H and O–H groups in total. The molecule has 0 spiro atoms. The number of H-pyrrole nitrogens is 1. The fraction of sp³-hybridized carbons (Fsp3) is 0.0714. The third-order valence-corrected chi connectivity index (χ3v) is 3.12. The molecule has 3 aromatic rings. The lowest BCUT2D eigenvalue weighted by Crippen LogP contribution is -1.88. The summed E-state index contributed by atoms with van der Waals surface area (Å²) in [6, 6.07) is 11.5. The predicted molar refractivity (Wildman–Crippen MR) is 75.9 cm³/mol. The molecule has 4 nitrogen and oxygen atoms in total. The largest absolute Gasteiger partial charge is 0.443 e. The average Bonchev–Trinajstić information content (AvgIpc) is 2.95. The van der Waals surface area contributed by atoms with Crippen molar-refractivity contribution in [2.75, 3.05) is 5.73 Å². The minimum atomic E-state index is 0.332. The molecule has 0 atom stereocenters. The number of aromatic amines is 1. The van der Waals surface area contributed by atoms with Gasteiger partial charge < -0.3 is 10.2 Å². The molecule has 0 amide bonds. The van der Waals surface area contributed by atoms with Gasteiger partial charge in [-0.25, -0.2) is 0 Å². The van der Waals surface area contributed by atoms with E-state index in [1.165, 1.54) is 0 Å². The summed E-state index contributed by atoms with van der Waals surface area (Å²) in [7, 11) is 0. The molecule has 2 aromatic heterocycles. The normalized spacial score (nSPS) is 10.8. The van der Waals surface area contributed by atoms with E-state index in [-0.39, 0.29) is 0 Å². The summed E-state index contributed by atoms with van der Waals surface area (Å²) >= 11 is 5.81. The summed E-state index contributed by atoms with van der Waals surface area (Å²) in [5, 5.41) is 7.28. The van der Waals surface area contributed by atoms with Crippen molar-refractivity contribution < 1.29 is 4.42 Å². The van der Waals surface area contributed by atoms with Crippen LogP contribution in [0.2, 0.25) is 5.22 Å². The zero-order valence-electron chi connectivity index (χ0n) is 10.3. The monoisotopic (exact) mass is 273 g/mol. The van der Waals surface area contributed by atoms with Crippen molar-refractivity contribution in [2.24, 2.45) is 0 Å². The third kappa shape index (κ3) is 2.11. The van der Waals surface area contributed by atoms with E-state index < -0.39 is 0 Å². The van der Waals surface area contributed by atoms with Crippen molar-refractivity contribution in [3.63, 3.8) is 0 Å². The van der Waals surface area contributed by atoms with E-state index in [0.717, 1.165) is 22.4 Å². The van der Waals surface area contributed by atoms with Crippen molar-refractivity contribution in [2.45, 2.75) is 6.92 Å². The Morgan fingerprint density at radius 2 is 2.11 bits per heavy atom. The molecule has 96 valence electrons. The topological polar surface area (TPSA) is 67.8 Å². The summed E-state index contributed by atoms with van der Waals surface area (Å²) in [5.74, 6) is 1.05. The molecule has 0 radical (unpaired) electrons. The lowest BCUT2D eigenvalue weighted by molar-refractivity contribution is 0.582. The van der Waals surface area contributed by atoms with Crippen LogP contribution in [0, 0.1) is 6.92 Å². The van der Waals surface area contributed by atoms with Gasteiger partial charge in [-0.1, -0.05) is 29.8 Å². The van der Waals surface area contributed by atoms with Gasteiger partial charge in [0.25, 0.3) is 0 Å². The van der Waals surface area contributed by atoms with Crippen molar-refractivity contribution in [1.29, 1.82) is 0 Å². The Hall–Kier alpha value is -2.20. The molecular formula is C14H12ClN3O. The minimum absolute atomic E-state index is 0.332. The van der Waals surface area contributed by atoms with Gasteiger partial charge in [0.15, 0.2) is 16.8 Å². The Bertz CT molecular complexity index is 730. The fourth-order valence-corrected chi connectivity index (χ4v) is 2.22. The number of nitrogens with two attached hydrogens (primary N) is 1. The number of aryl methyl sites for hydroxylation is 1. The number of hydrogen-bond acceptors (Lipinski definition) is 3. The van der Waals surface area contributed by atoms with E-state index in [1.54, 1.807) is 12.1 Å². The smallest absolute Gasteiger partial charge is 0.194 e. The van der Waals surface area contributed by atoms with E-state index in [0.29, 0.717) is 16.8 Å². The molecule has 0 saturated heterocycles. The van der Waals surface area contributed by atoms with E-state index in [1.807, 2.05) is 25.1 Å². The van der Waals surface area contributed by atoms with Gasteiger partial charge in [0, 0.05) is 0 Å². The van der Waals surface area contributed by atoms with Gasteiger partial charge in [0.05, 0.1) is 5.56 Å². The first-order valence-electron chi connectivity index (χ1n) is 5.82. The Kier molecular flexibility index (Phi) is 2.80. The Balaban J connectivity index is 2.19. The van der Waals surface area contributed by atoms with Crippen LogP contribution in [-0.4, -0.2) is 10.2 Å². The molecule has 0 saturated carbocycles. The standard InChI is InChI=1S/C14H12ClN3O/c1-8-3-2-4-9(7-8)12-13(17-18-14(12)16)10-5-6-11(15)19-10/h2-7H,1H3,(H3,16,17,18). The lowest BCUT2D eigenvalue weighted by Gasteiger charge is -2.03. The minimum Gasteiger partial charge on any atom is -0.443 e. The van der Waals surface area contributed by atoms with Gasteiger partial charge in [-0.15, -0.1) is 0 Å². The quantitative estimate of drug-likeness (QED) is 0.744. The first-order valence-corrected chi connectivity index (χ1v) is 6.19. The second kappa shape index (κ2) is 4.48. The average molecular weight is 274 g/mol. The van der Waals surface area contributed by atoms with Gasteiger partial charge in [-0.05, 0) is 36.2 Å². The Labute approximate surface area is 115 Å². The predicted octanol–water partition coefficient (Wildman–Crippen LogP) is 3.88. The van der Waals surface area contributed by atoms with Crippen LogP contribution in [0.3, 0.4) is 0 Å². The molecule has 1 aromatic carbocycles. The molecule has 0 aliphatic carbocycles. The number of benzene rings is 1. The van der Waals surface area contributed by atoms with Crippen molar-refractivity contribution in [3.05, 3.63) is 47.2 Å². The van der Waals surface area contributed by atoms with Gasteiger partial charge >= 0.3 is 0 Å². The maximum absolute atomic E-state index is 5.95. The van der Waals surface area contributed by atoms with Crippen LogP contribution in [0.15, 0.2) is 40.8 Å². The Morgan fingerprint density at radius 3 is 2.79 bits per heavy atom. The highest BCUT2D eigenvalue weighted by Gasteiger charge is 2.17. The van der Waals surface area contributed by atoms with Crippen LogP contribution in [0.1, 0.15) is 5.56 Å². The number of aromatic nitrogens is 2. The molecule has 5 heteroatoms. The van der Waals surface area contributed by atoms with Crippen LogP contribution >= 0.6 is 11.6 Å². The zero-order chi connectivity index (χ0) is 13.4. The van der Waals surface area contributed by atoms with Gasteiger partial charge in [0.2, 0.25) is 0 Å². The first-order chi connectivity index (χ1) is 9.15. The first kappa shape index (κ1) is 11.9. The van der Waals surface area contributed by atoms with Crippen LogP contribution in [-0.2, 0) is 0 Å². The molecular weight excluding hydrogens is 262 g/mol. The number of furan rings is 1. The van der Waals surface area contributed by atoms with Crippen LogP contribution in [0.4, 0.5) is 5.82 Å². The summed E-state index contributed by atoms with van der Waals surface area (Å²) in [6.45, 7) is 2.03. The number of anilines is 1. The van der Waals surface area contributed by atoms with Gasteiger partial charge in [-0.2, -0.15) is 5.10 Å². The number of nitrogens with one attached hydrogen (secondary N) is 1. The number of halogens is 1. The highest BCUT2D eigenvalue weighted by molar-refractivity contribution is 6.29. The highest BCUT2D eigenvalue weighted by atomic mass is 35.5. The lowest BCUT2D eigenvalue weighted by atomic mass is 10.0. The van der Waals surface area contributed by atoms with Crippen LogP contribution in [0.25, 0.3) is 22.6 Å². The Morgan fingerprint density at radius 1 is 1.26 bits per heavy atom. The number of hydrogen-bond donors (Lipinski definition) is 2. The van der Waals surface area contributed by atoms with Gasteiger partial charge in [-0.3, -0.25) is 5.10 Å². The molecule has 0 unspecified atom stereocenters. The zero-order valence-corrected chi connectivity index (χ0v) is 11.0. The van der Waals surface area contributed by atoms with Crippen molar-refractivity contribution in [3.8, 4) is 22.6 Å². The molecule has 19 heavy (non-hydrogen) atoms. The highest BCUT2D eigenvalue weighted by Crippen LogP contribution is 2.36. The summed E-state index contributed by atoms with van der Waals surface area (Å²) < 4.78 is 5.41. The summed E-state index contributed by atoms with van der Waals surface area (Å²) in [6.07, 6.45) is 0. The molecule has 0 fully saturated rings. The maximum atomic E-state index is 5.95. The summed E-state index contributed by atoms with van der Waals surface area (Å²) in [4.78, 5) is 0. The van der Waals surface area contributed by atoms with Crippen molar-refractivity contribution in [1.82, 2.24) is 10.2 Å². The molecule has 0 aliphatic heterocycles. The number of nitrogens with zero attached hydrogens (tertiary/aromatic N) is 1. The number of nitrogen functional groups attached to an aromatic ring is 1. The van der Waals surface area contributed by atoms with Gasteiger partial charge in [0.1, 0.15) is 5.69 Å². The number of rotatable bonds is 2. The van der Waals surface area contributed by atoms with Crippen LogP contribution < -0.4 is 5.73 Å². The van der Waals surface area contributed by atoms with E-state index in [4.69, 9.17) is 21.8 Å². The second-order valence-corrected chi connectivity index (χ2v) is 4.70. The van der Waals surface area contributed by atoms with E-state index in [2.05, 4.69) is 16.3 Å². The molecule has 2 heterocycles. The van der Waals surface area contributed by atoms with E-state index in [9.17, 15) is 0 Å². The second-order valence-electron chi connectivity index (χ2n) is 4.33. The van der Waals surface area contributed by atoms with Crippen LogP contribution in [0.5, 0.6) is 0 Å². The van der Waals surface area contributed by atoms with E-state index >= 15 is 0 Å². The third-order valence-electron chi connectivity index (χ3n) is 2.92. The SMILES string of the molecule is Cc1cccc(-c2c(N)n[nH]c2-c2ccc(Cl)o2)c1. The maximum Gasteiger partial charge on any atom is 0.194 e. The van der Waals surface area contributed by atoms with Crippen molar-refractivity contribution >= 4 is 17.4 Å². The summed E-state index contributed by atoms with van der Waals surface area (Å²) in [5.41, 5.74) is 9.66. The molecule has 3 rings (SSSR count).